The van der Waals surface area contributed by atoms with Crippen LogP contribution in [0.4, 0.5) is 0 Å². The smallest absolute Gasteiger partial charge is 0.227 e. The van der Waals surface area contributed by atoms with Crippen LogP contribution in [0.2, 0.25) is 0 Å². The van der Waals surface area contributed by atoms with Gasteiger partial charge in [0.25, 0.3) is 0 Å². The van der Waals surface area contributed by atoms with Crippen LogP contribution in [0, 0.1) is 0 Å². The summed E-state index contributed by atoms with van der Waals surface area (Å²) in [6.07, 6.45) is 5.02. The summed E-state index contributed by atoms with van der Waals surface area (Å²) >= 11 is 3.69. The van der Waals surface area contributed by atoms with Crippen molar-refractivity contribution in [3.05, 3.63) is 156 Å². The number of hydrogen-bond acceptors (Lipinski definition) is 10. The van der Waals surface area contributed by atoms with Crippen LogP contribution in [0.3, 0.4) is 0 Å². The normalized spacial score (nSPS) is 11.5. The van der Waals surface area contributed by atoms with E-state index in [2.05, 4.69) is 41.0 Å². The molecule has 0 fully saturated rings. The fourth-order valence-corrected chi connectivity index (χ4v) is 7.30. The van der Waals surface area contributed by atoms with Crippen LogP contribution in [0.5, 0.6) is 0 Å². The fraction of sp³-hybridized carbons (Fsp3) is 0.0500. The summed E-state index contributed by atoms with van der Waals surface area (Å²) in [5, 5.41) is 8.95. The lowest BCUT2D eigenvalue weighted by molar-refractivity contribution is 0.590. The van der Waals surface area contributed by atoms with Crippen LogP contribution in [0.25, 0.3) is 56.7 Å². The van der Waals surface area contributed by atoms with Gasteiger partial charge in [0.05, 0.1) is 21.6 Å². The third-order valence-electron chi connectivity index (χ3n) is 8.11. The molecule has 0 aliphatic rings. The van der Waals surface area contributed by atoms with Crippen molar-refractivity contribution < 1.29 is 16.8 Å². The summed E-state index contributed by atoms with van der Waals surface area (Å²) in [4.78, 5) is 16.2. The van der Waals surface area contributed by atoms with Gasteiger partial charge in [0.1, 0.15) is 5.69 Å². The largest absolute Gasteiger partial charge is 0.248 e. The van der Waals surface area contributed by atoms with Gasteiger partial charge in [-0.25, -0.2) is 36.2 Å². The molecule has 0 N–H and O–H groups in total. The topological polar surface area (TPSA) is 155 Å². The van der Waals surface area contributed by atoms with E-state index in [4.69, 9.17) is 5.10 Å². The highest BCUT2D eigenvalue weighted by Crippen LogP contribution is 2.38. The van der Waals surface area contributed by atoms with Crippen LogP contribution in [0.15, 0.2) is 167 Å². The minimum atomic E-state index is -3.54. The molecule has 0 aliphatic heterocycles. The van der Waals surface area contributed by atoms with Gasteiger partial charge in [-0.2, -0.15) is 20.2 Å². The zero-order valence-corrected chi connectivity index (χ0v) is 32.6. The first-order chi connectivity index (χ1) is 26.5. The molecule has 8 aromatic rings. The predicted molar refractivity (Wildman–Crippen MR) is 214 cm³/mol. The van der Waals surface area contributed by atoms with E-state index < -0.39 is 19.7 Å². The second kappa shape index (κ2) is 15.7. The highest BCUT2D eigenvalue weighted by Gasteiger charge is 2.22. The van der Waals surface area contributed by atoms with Crippen molar-refractivity contribution in [1.29, 1.82) is 0 Å². The lowest BCUT2D eigenvalue weighted by Crippen LogP contribution is -2.09. The first-order valence-electron chi connectivity index (χ1n) is 16.6. The Morgan fingerprint density at radius 3 is 1.44 bits per heavy atom. The molecule has 0 amide bonds. The number of benzene rings is 4. The molecular formula is C40H31BrN8O4S2. The second-order valence-corrected chi connectivity index (χ2v) is 16.8. The maximum Gasteiger partial charge on any atom is 0.248 e. The van der Waals surface area contributed by atoms with E-state index in [-0.39, 0.29) is 10.3 Å². The molecule has 0 saturated heterocycles. The zero-order valence-electron chi connectivity index (χ0n) is 29.3. The highest BCUT2D eigenvalue weighted by molar-refractivity contribution is 9.10. The minimum absolute atomic E-state index is 0.226. The molecule has 4 heterocycles. The van der Waals surface area contributed by atoms with Gasteiger partial charge in [-0.05, 0) is 22.0 Å². The van der Waals surface area contributed by atoms with E-state index in [0.717, 1.165) is 62.0 Å². The van der Waals surface area contributed by atoms with Gasteiger partial charge < -0.3 is 0 Å². The van der Waals surface area contributed by atoms with Crippen LogP contribution >= 0.6 is 15.9 Å². The van der Waals surface area contributed by atoms with Gasteiger partial charge in [0.2, 0.25) is 30.0 Å². The number of sulfone groups is 2. The van der Waals surface area contributed by atoms with Crippen LogP contribution in [-0.4, -0.2) is 68.8 Å². The van der Waals surface area contributed by atoms with E-state index in [9.17, 15) is 16.8 Å². The van der Waals surface area contributed by atoms with Crippen molar-refractivity contribution >= 4 is 35.6 Å². The number of nitrogens with zero attached hydrogens (tertiary/aromatic N) is 8. The van der Waals surface area contributed by atoms with Crippen molar-refractivity contribution in [3.63, 3.8) is 0 Å². The Labute approximate surface area is 326 Å². The number of rotatable bonds is 8. The number of halogens is 1. The lowest BCUT2D eigenvalue weighted by atomic mass is 10.1. The Morgan fingerprint density at radius 2 is 0.945 bits per heavy atom. The lowest BCUT2D eigenvalue weighted by Gasteiger charge is -2.08. The number of hydrogen-bond donors (Lipinski definition) is 0. The Morgan fingerprint density at radius 1 is 0.509 bits per heavy atom. The molecule has 274 valence electrons. The fourth-order valence-electron chi connectivity index (χ4n) is 5.57. The molecule has 0 spiro atoms. The molecule has 0 bridgehead atoms. The van der Waals surface area contributed by atoms with E-state index in [1.807, 2.05) is 127 Å². The third-order valence-corrected chi connectivity index (χ3v) is 10.6. The zero-order chi connectivity index (χ0) is 38.6. The Kier molecular flexibility index (Phi) is 10.6. The van der Waals surface area contributed by atoms with Crippen molar-refractivity contribution in [1.82, 2.24) is 39.5 Å². The predicted octanol–water partition coefficient (Wildman–Crippen LogP) is 7.56. The molecule has 12 nitrogen and oxygen atoms in total. The third kappa shape index (κ3) is 8.33. The maximum absolute atomic E-state index is 11.9. The molecular weight excluding hydrogens is 801 g/mol. The molecule has 0 saturated carbocycles. The van der Waals surface area contributed by atoms with Crippen LogP contribution in [0.1, 0.15) is 0 Å². The first-order valence-corrected chi connectivity index (χ1v) is 21.2. The molecule has 15 heteroatoms. The summed E-state index contributed by atoms with van der Waals surface area (Å²) in [5.41, 5.74) is 6.86. The van der Waals surface area contributed by atoms with Crippen molar-refractivity contribution in [2.45, 2.75) is 10.3 Å². The maximum atomic E-state index is 11.9. The molecule has 8 rings (SSSR count). The van der Waals surface area contributed by atoms with Gasteiger partial charge in [-0.1, -0.05) is 121 Å². The summed E-state index contributed by atoms with van der Waals surface area (Å²) in [7, 11) is -7.06. The van der Waals surface area contributed by atoms with Crippen LogP contribution in [-0.2, 0) is 19.7 Å². The SMILES string of the molecule is CS(=O)(=O)c1nccc(-n2nc(-c3ccccc3)c(Br)c2-c2ccccc2)n1.CS(=O)(=O)c1nccc(-n2nc(-c3ccccc3)cc2-c2ccccc2)n1. The Bertz CT molecular complexity index is 2820. The standard InChI is InChI=1S/C20H15BrN4O2S.C20H16N4O2S/c1-28(26,27)20-22-13-12-16(23-20)25-19(15-10-6-3-7-11-15)17(21)18(24-25)14-8-4-2-5-9-14;1-27(25,26)20-21-13-12-19(22-20)24-18(16-10-6-3-7-11-16)14-17(23-24)15-8-4-2-5-9-15/h2-13H,1H3;2-14H,1H3. The van der Waals surface area contributed by atoms with Crippen molar-refractivity contribution in [3.8, 4) is 56.7 Å². The van der Waals surface area contributed by atoms with Gasteiger partial charge in [-0.15, -0.1) is 0 Å². The average molecular weight is 832 g/mol. The van der Waals surface area contributed by atoms with Gasteiger partial charge in [0, 0.05) is 59.3 Å². The summed E-state index contributed by atoms with van der Waals surface area (Å²) in [6, 6.07) is 44.3. The van der Waals surface area contributed by atoms with E-state index in [1.165, 1.54) is 12.4 Å². The quantitative estimate of drug-likeness (QED) is 0.140. The first kappa shape index (κ1) is 37.2. The van der Waals surface area contributed by atoms with Gasteiger partial charge in [-0.3, -0.25) is 0 Å². The van der Waals surface area contributed by atoms with Gasteiger partial charge in [0.15, 0.2) is 11.6 Å². The average Bonchev–Trinajstić information content (AvgIpc) is 3.81. The summed E-state index contributed by atoms with van der Waals surface area (Å²) in [5.74, 6) is 0.767. The highest BCUT2D eigenvalue weighted by atomic mass is 79.9. The van der Waals surface area contributed by atoms with Crippen molar-refractivity contribution in [2.24, 2.45) is 0 Å². The molecule has 55 heavy (non-hydrogen) atoms. The summed E-state index contributed by atoms with van der Waals surface area (Å²) < 4.78 is 51.6. The molecule has 0 atom stereocenters. The monoisotopic (exact) mass is 830 g/mol. The van der Waals surface area contributed by atoms with E-state index in [0.29, 0.717) is 11.6 Å². The molecule has 0 radical (unpaired) electrons. The van der Waals surface area contributed by atoms with Gasteiger partial charge >= 0.3 is 0 Å². The van der Waals surface area contributed by atoms with Crippen LogP contribution < -0.4 is 0 Å². The minimum Gasteiger partial charge on any atom is -0.227 e. The Balaban J connectivity index is 0.000000169. The van der Waals surface area contributed by atoms with E-state index in [1.54, 1.807) is 21.5 Å². The molecule has 4 aromatic carbocycles. The van der Waals surface area contributed by atoms with Crippen molar-refractivity contribution in [2.75, 3.05) is 12.5 Å². The number of aromatic nitrogens is 8. The second-order valence-electron chi connectivity index (χ2n) is 12.2. The molecule has 0 unspecified atom stereocenters. The molecule has 4 aromatic heterocycles. The van der Waals surface area contributed by atoms with E-state index >= 15 is 0 Å². The summed E-state index contributed by atoms with van der Waals surface area (Å²) in [6.45, 7) is 0. The Hall–Kier alpha value is -6.16. The molecule has 0 aliphatic carbocycles.